The smallest absolute Gasteiger partial charge is 0.250 e. The summed E-state index contributed by atoms with van der Waals surface area (Å²) in [5, 5.41) is 3.45. The Morgan fingerprint density at radius 1 is 1.03 bits per heavy atom. The van der Waals surface area contributed by atoms with Crippen LogP contribution in [0.2, 0.25) is 0 Å². The van der Waals surface area contributed by atoms with E-state index in [1.54, 1.807) is 16.7 Å². The second kappa shape index (κ2) is 12.7. The highest BCUT2D eigenvalue weighted by atomic mass is 127. The average Bonchev–Trinajstić information content (AvgIpc) is 2.76. The van der Waals surface area contributed by atoms with Crippen molar-refractivity contribution in [3.63, 3.8) is 0 Å². The van der Waals surface area contributed by atoms with Crippen LogP contribution in [0.1, 0.15) is 30.9 Å². The first-order valence-corrected chi connectivity index (χ1v) is 11.1. The lowest BCUT2D eigenvalue weighted by atomic mass is 10.1. The molecule has 0 amide bonds. The van der Waals surface area contributed by atoms with Gasteiger partial charge in [-0.3, -0.25) is 9.79 Å². The first kappa shape index (κ1) is 25.2. The Hall–Kier alpha value is -2.03. The number of rotatable bonds is 7. The van der Waals surface area contributed by atoms with Crippen molar-refractivity contribution in [2.45, 2.75) is 40.2 Å². The minimum atomic E-state index is 0. The van der Waals surface area contributed by atoms with E-state index in [-0.39, 0.29) is 29.5 Å². The molecule has 1 aliphatic rings. The third kappa shape index (κ3) is 6.98. The molecule has 3 rings (SSSR count). The molecule has 1 aromatic heterocycles. The van der Waals surface area contributed by atoms with Crippen LogP contribution < -0.4 is 15.8 Å². The van der Waals surface area contributed by atoms with Gasteiger partial charge in [-0.15, -0.1) is 24.0 Å². The number of halogens is 1. The van der Waals surface area contributed by atoms with E-state index in [0.29, 0.717) is 0 Å². The summed E-state index contributed by atoms with van der Waals surface area (Å²) in [5.41, 5.74) is 4.15. The summed E-state index contributed by atoms with van der Waals surface area (Å²) in [6, 6.07) is 11.9. The van der Waals surface area contributed by atoms with E-state index in [1.165, 1.54) is 16.8 Å². The molecule has 0 bridgehead atoms. The number of anilines is 1. The van der Waals surface area contributed by atoms with Crippen LogP contribution >= 0.6 is 24.0 Å². The summed E-state index contributed by atoms with van der Waals surface area (Å²) in [5.74, 6) is 1.01. The number of aromatic nitrogens is 1. The molecule has 0 atom stereocenters. The first-order valence-electron chi connectivity index (χ1n) is 11.1. The molecule has 0 radical (unpaired) electrons. The van der Waals surface area contributed by atoms with Crippen LogP contribution in [-0.4, -0.2) is 54.7 Å². The lowest BCUT2D eigenvalue weighted by Crippen LogP contribution is -2.52. The van der Waals surface area contributed by atoms with Gasteiger partial charge in [-0.2, -0.15) is 0 Å². The number of aliphatic imine (C=N–C) groups is 1. The maximum atomic E-state index is 11.8. The highest BCUT2D eigenvalue weighted by molar-refractivity contribution is 14.0. The van der Waals surface area contributed by atoms with Crippen molar-refractivity contribution >= 4 is 35.6 Å². The Bertz CT molecular complexity index is 903. The molecule has 1 aliphatic heterocycles. The van der Waals surface area contributed by atoms with Crippen molar-refractivity contribution in [2.24, 2.45) is 4.99 Å². The van der Waals surface area contributed by atoms with Gasteiger partial charge in [0.15, 0.2) is 5.96 Å². The summed E-state index contributed by atoms with van der Waals surface area (Å²) in [7, 11) is 0. The number of guanidine groups is 1. The second-order valence-corrected chi connectivity index (χ2v) is 7.87. The van der Waals surface area contributed by atoms with E-state index in [0.717, 1.165) is 64.6 Å². The highest BCUT2D eigenvalue weighted by Crippen LogP contribution is 2.23. The fourth-order valence-electron chi connectivity index (χ4n) is 3.89. The molecule has 7 heteroatoms. The maximum absolute atomic E-state index is 11.8. The predicted octanol–water partition coefficient (Wildman–Crippen LogP) is 3.65. The molecule has 0 spiro atoms. The molecule has 0 saturated carbocycles. The molecule has 1 fully saturated rings. The van der Waals surface area contributed by atoms with Crippen LogP contribution in [0.25, 0.3) is 0 Å². The largest absolute Gasteiger partial charge is 0.368 e. The second-order valence-electron chi connectivity index (χ2n) is 7.87. The average molecular weight is 537 g/mol. The Labute approximate surface area is 203 Å². The molecule has 2 heterocycles. The van der Waals surface area contributed by atoms with Crippen LogP contribution in [0.3, 0.4) is 0 Å². The van der Waals surface area contributed by atoms with Gasteiger partial charge in [-0.05, 0) is 56.9 Å². The van der Waals surface area contributed by atoms with Gasteiger partial charge in [0.1, 0.15) is 0 Å². The summed E-state index contributed by atoms with van der Waals surface area (Å²) < 4.78 is 1.77. The molecule has 1 aromatic carbocycles. The molecule has 6 nitrogen and oxygen atoms in total. The standard InChI is InChI=1S/C24H35N5O.HI/c1-4-25-24(26-13-6-8-15-28-14-7-5-12-23(28)30)29-18-16-27(17-19-29)22-11-9-10-20(2)21(22)3;/h5,7,9-12,14H,4,6,8,13,15-19H2,1-3H3,(H,25,26);1H. The van der Waals surface area contributed by atoms with Gasteiger partial charge in [-0.25, -0.2) is 0 Å². The summed E-state index contributed by atoms with van der Waals surface area (Å²) >= 11 is 0. The lowest BCUT2D eigenvalue weighted by molar-refractivity contribution is 0.372. The van der Waals surface area contributed by atoms with Crippen LogP contribution in [0.5, 0.6) is 0 Å². The van der Waals surface area contributed by atoms with Crippen molar-refractivity contribution in [1.29, 1.82) is 0 Å². The molecule has 0 unspecified atom stereocenters. The van der Waals surface area contributed by atoms with E-state index in [1.807, 2.05) is 12.3 Å². The highest BCUT2D eigenvalue weighted by Gasteiger charge is 2.20. The van der Waals surface area contributed by atoms with Crippen molar-refractivity contribution in [3.8, 4) is 0 Å². The number of hydrogen-bond donors (Lipinski definition) is 1. The zero-order valence-corrected chi connectivity index (χ0v) is 21.3. The number of pyridine rings is 1. The molecular formula is C24H36IN5O. The van der Waals surface area contributed by atoms with Gasteiger partial charge < -0.3 is 19.7 Å². The third-order valence-electron chi connectivity index (χ3n) is 5.80. The number of piperazine rings is 1. The molecule has 1 saturated heterocycles. The van der Waals surface area contributed by atoms with Gasteiger partial charge in [0, 0.05) is 63.8 Å². The Morgan fingerprint density at radius 3 is 2.52 bits per heavy atom. The van der Waals surface area contributed by atoms with E-state index >= 15 is 0 Å². The van der Waals surface area contributed by atoms with E-state index in [9.17, 15) is 4.79 Å². The van der Waals surface area contributed by atoms with Crippen molar-refractivity contribution in [1.82, 2.24) is 14.8 Å². The Kier molecular flexibility index (Phi) is 10.4. The van der Waals surface area contributed by atoms with Crippen LogP contribution in [-0.2, 0) is 6.54 Å². The lowest BCUT2D eigenvalue weighted by Gasteiger charge is -2.38. The monoisotopic (exact) mass is 537 g/mol. The molecule has 31 heavy (non-hydrogen) atoms. The van der Waals surface area contributed by atoms with Gasteiger partial charge in [0.2, 0.25) is 5.56 Å². The third-order valence-corrected chi connectivity index (χ3v) is 5.80. The number of aryl methyl sites for hydroxylation is 2. The summed E-state index contributed by atoms with van der Waals surface area (Å²) in [6.07, 6.45) is 3.77. The van der Waals surface area contributed by atoms with Gasteiger partial charge >= 0.3 is 0 Å². The predicted molar refractivity (Wildman–Crippen MR) is 141 cm³/mol. The molecule has 2 aromatic rings. The SMILES string of the molecule is CCNC(=NCCCCn1ccccc1=O)N1CCN(c2cccc(C)c2C)CC1.I. The van der Waals surface area contributed by atoms with Crippen LogP contribution in [0, 0.1) is 13.8 Å². The number of nitrogens with one attached hydrogen (secondary N) is 1. The zero-order chi connectivity index (χ0) is 21.3. The number of nitrogens with zero attached hydrogens (tertiary/aromatic N) is 4. The van der Waals surface area contributed by atoms with Crippen LogP contribution in [0.15, 0.2) is 52.4 Å². The van der Waals surface area contributed by atoms with Gasteiger partial charge in [0.05, 0.1) is 0 Å². The minimum Gasteiger partial charge on any atom is -0.368 e. The number of benzene rings is 1. The zero-order valence-electron chi connectivity index (χ0n) is 19.0. The van der Waals surface area contributed by atoms with Crippen LogP contribution in [0.4, 0.5) is 5.69 Å². The van der Waals surface area contributed by atoms with Gasteiger partial charge in [0.25, 0.3) is 0 Å². The molecular weight excluding hydrogens is 501 g/mol. The molecule has 170 valence electrons. The topological polar surface area (TPSA) is 52.9 Å². The fraction of sp³-hybridized carbons (Fsp3) is 0.500. The van der Waals surface area contributed by atoms with E-state index < -0.39 is 0 Å². The fourth-order valence-corrected chi connectivity index (χ4v) is 3.89. The number of hydrogen-bond acceptors (Lipinski definition) is 3. The Balaban J connectivity index is 0.00000341. The summed E-state index contributed by atoms with van der Waals surface area (Å²) in [6.45, 7) is 12.9. The summed E-state index contributed by atoms with van der Waals surface area (Å²) in [4.78, 5) is 21.5. The maximum Gasteiger partial charge on any atom is 0.250 e. The Morgan fingerprint density at radius 2 is 1.81 bits per heavy atom. The quantitative estimate of drug-likeness (QED) is 0.254. The molecule has 1 N–H and O–H groups in total. The normalized spacial score (nSPS) is 14.4. The number of unbranched alkanes of at least 4 members (excludes halogenated alkanes) is 1. The van der Waals surface area contributed by atoms with E-state index in [4.69, 9.17) is 4.99 Å². The van der Waals surface area contributed by atoms with Gasteiger partial charge in [-0.1, -0.05) is 18.2 Å². The van der Waals surface area contributed by atoms with Crippen molar-refractivity contribution in [2.75, 3.05) is 44.2 Å². The molecule has 0 aliphatic carbocycles. The van der Waals surface area contributed by atoms with Crippen molar-refractivity contribution < 1.29 is 0 Å². The van der Waals surface area contributed by atoms with E-state index in [2.05, 4.69) is 54.1 Å². The minimum absolute atomic E-state index is 0. The first-order chi connectivity index (χ1) is 14.6. The van der Waals surface area contributed by atoms with Crippen molar-refractivity contribution in [3.05, 3.63) is 64.1 Å².